The molecule has 0 nitrogen and oxygen atoms in total. The summed E-state index contributed by atoms with van der Waals surface area (Å²) >= 11 is 0. The summed E-state index contributed by atoms with van der Waals surface area (Å²) in [7, 11) is 0. The van der Waals surface area contributed by atoms with Gasteiger partial charge in [0.05, 0.1) is 0 Å². The third-order valence-electron chi connectivity index (χ3n) is 5.58. The van der Waals surface area contributed by atoms with Crippen LogP contribution in [0.15, 0.2) is 60.7 Å². The molecule has 0 spiro atoms. The normalized spacial score (nSPS) is 11.4. The first kappa shape index (κ1) is 15.9. The molecule has 0 unspecified atom stereocenters. The maximum atomic E-state index is 2.33. The van der Waals surface area contributed by atoms with Crippen LogP contribution in [0.25, 0.3) is 21.5 Å². The molecule has 0 saturated heterocycles. The summed E-state index contributed by atoms with van der Waals surface area (Å²) in [6.07, 6.45) is 0.986. The highest BCUT2D eigenvalue weighted by molar-refractivity contribution is 5.91. The van der Waals surface area contributed by atoms with Crippen molar-refractivity contribution in [1.82, 2.24) is 0 Å². The van der Waals surface area contributed by atoms with Gasteiger partial charge in [0.1, 0.15) is 0 Å². The molecule has 25 heavy (non-hydrogen) atoms. The van der Waals surface area contributed by atoms with E-state index in [-0.39, 0.29) is 0 Å². The first-order chi connectivity index (χ1) is 12.0. The van der Waals surface area contributed by atoms with Crippen LogP contribution in [-0.2, 0) is 6.42 Å². The van der Waals surface area contributed by atoms with Crippen LogP contribution in [0.4, 0.5) is 0 Å². The van der Waals surface area contributed by atoms with E-state index in [9.17, 15) is 0 Å². The monoisotopic (exact) mass is 324 g/mol. The zero-order chi connectivity index (χ0) is 17.6. The van der Waals surface area contributed by atoms with Crippen LogP contribution >= 0.6 is 0 Å². The second-order valence-electron chi connectivity index (χ2n) is 7.28. The maximum Gasteiger partial charge on any atom is -0.000810 e. The van der Waals surface area contributed by atoms with Gasteiger partial charge in [-0.1, -0.05) is 66.2 Å². The summed E-state index contributed by atoms with van der Waals surface area (Å²) in [5, 5.41) is 5.45. The molecule has 0 N–H and O–H groups in total. The van der Waals surface area contributed by atoms with E-state index >= 15 is 0 Å². The quantitative estimate of drug-likeness (QED) is 0.379. The number of hydrogen-bond donors (Lipinski definition) is 0. The van der Waals surface area contributed by atoms with Crippen molar-refractivity contribution in [3.05, 3.63) is 94.0 Å². The molecule has 124 valence electrons. The van der Waals surface area contributed by atoms with Crippen molar-refractivity contribution in [2.24, 2.45) is 0 Å². The van der Waals surface area contributed by atoms with Crippen LogP contribution < -0.4 is 0 Å². The van der Waals surface area contributed by atoms with E-state index in [1.807, 2.05) is 0 Å². The Bertz CT molecular complexity index is 1100. The lowest BCUT2D eigenvalue weighted by molar-refractivity contribution is 1.15. The van der Waals surface area contributed by atoms with Gasteiger partial charge in [0.2, 0.25) is 0 Å². The van der Waals surface area contributed by atoms with Crippen molar-refractivity contribution in [3.63, 3.8) is 0 Å². The minimum atomic E-state index is 0.986. The molecular weight excluding hydrogens is 300 g/mol. The molecule has 4 rings (SSSR count). The van der Waals surface area contributed by atoms with Crippen molar-refractivity contribution in [2.45, 2.75) is 34.1 Å². The minimum Gasteiger partial charge on any atom is -0.0616 e. The second kappa shape index (κ2) is 6.04. The molecule has 0 radical (unpaired) electrons. The van der Waals surface area contributed by atoms with Crippen molar-refractivity contribution >= 4 is 21.5 Å². The van der Waals surface area contributed by atoms with Gasteiger partial charge in [0, 0.05) is 0 Å². The Morgan fingerprint density at radius 2 is 1.36 bits per heavy atom. The Morgan fingerprint density at radius 3 is 2.20 bits per heavy atom. The standard InChI is InChI=1S/C25H24/c1-16-9-12-23-21(13-16)14-18(3)19(4)25(23)15-24-17(2)10-11-20-7-5-6-8-22(20)24/h5-14H,15H2,1-4H3. The fraction of sp³-hybridized carbons (Fsp3) is 0.200. The average molecular weight is 324 g/mol. The Kier molecular flexibility index (Phi) is 3.84. The van der Waals surface area contributed by atoms with Crippen LogP contribution in [0.5, 0.6) is 0 Å². The van der Waals surface area contributed by atoms with Crippen molar-refractivity contribution in [1.29, 1.82) is 0 Å². The predicted molar refractivity (Wildman–Crippen MR) is 110 cm³/mol. The molecule has 0 bridgehead atoms. The van der Waals surface area contributed by atoms with Crippen LogP contribution in [0.2, 0.25) is 0 Å². The Balaban J connectivity index is 1.98. The van der Waals surface area contributed by atoms with Gasteiger partial charge in [0.15, 0.2) is 0 Å². The van der Waals surface area contributed by atoms with Crippen LogP contribution in [0.1, 0.15) is 33.4 Å². The lowest BCUT2D eigenvalue weighted by atomic mass is 9.88. The van der Waals surface area contributed by atoms with Crippen LogP contribution in [0, 0.1) is 27.7 Å². The number of rotatable bonds is 2. The molecule has 0 heterocycles. The van der Waals surface area contributed by atoms with Gasteiger partial charge < -0.3 is 0 Å². The summed E-state index contributed by atoms with van der Waals surface area (Å²) in [5.74, 6) is 0. The number of benzene rings is 4. The smallest absolute Gasteiger partial charge is 0.000810 e. The molecule has 4 aromatic carbocycles. The van der Waals surface area contributed by atoms with Gasteiger partial charge in [-0.25, -0.2) is 0 Å². The predicted octanol–water partition coefficient (Wildman–Crippen LogP) is 6.82. The molecule has 0 aliphatic carbocycles. The molecule has 0 atom stereocenters. The first-order valence-corrected chi connectivity index (χ1v) is 9.01. The maximum absolute atomic E-state index is 2.33. The summed E-state index contributed by atoms with van der Waals surface area (Å²) in [4.78, 5) is 0. The molecule has 0 aliphatic rings. The van der Waals surface area contributed by atoms with Crippen LogP contribution in [0.3, 0.4) is 0 Å². The summed E-state index contributed by atoms with van der Waals surface area (Å²) in [6, 6.07) is 22.4. The van der Waals surface area contributed by atoms with Crippen molar-refractivity contribution < 1.29 is 0 Å². The Hall–Kier alpha value is -2.60. The molecular formula is C25H24. The number of aryl methyl sites for hydroxylation is 3. The van der Waals surface area contributed by atoms with E-state index < -0.39 is 0 Å². The molecule has 0 aromatic heterocycles. The van der Waals surface area contributed by atoms with Crippen LogP contribution in [-0.4, -0.2) is 0 Å². The highest BCUT2D eigenvalue weighted by atomic mass is 14.2. The summed E-state index contributed by atoms with van der Waals surface area (Å²) in [5.41, 5.74) is 8.42. The second-order valence-corrected chi connectivity index (χ2v) is 7.28. The molecule has 0 amide bonds. The SMILES string of the molecule is Cc1ccc2c(Cc3c(C)ccc4ccccc34)c(C)c(C)cc2c1. The molecule has 0 saturated carbocycles. The third kappa shape index (κ3) is 2.72. The van der Waals surface area contributed by atoms with Gasteiger partial charge in [-0.15, -0.1) is 0 Å². The van der Waals surface area contributed by atoms with E-state index in [1.165, 1.54) is 54.9 Å². The number of fused-ring (bicyclic) bond motifs is 2. The molecule has 0 aliphatic heterocycles. The van der Waals surface area contributed by atoms with E-state index in [0.717, 1.165) is 6.42 Å². The van der Waals surface area contributed by atoms with Gasteiger partial charge in [-0.2, -0.15) is 0 Å². The van der Waals surface area contributed by atoms with E-state index in [0.29, 0.717) is 0 Å². The summed E-state index contributed by atoms with van der Waals surface area (Å²) in [6.45, 7) is 8.91. The van der Waals surface area contributed by atoms with E-state index in [2.05, 4.69) is 88.4 Å². The van der Waals surface area contributed by atoms with Gasteiger partial charge in [-0.3, -0.25) is 0 Å². The Morgan fingerprint density at radius 1 is 0.600 bits per heavy atom. The lowest BCUT2D eigenvalue weighted by Gasteiger charge is -2.17. The average Bonchev–Trinajstić information content (AvgIpc) is 2.60. The van der Waals surface area contributed by atoms with Gasteiger partial charge in [-0.05, 0) is 83.5 Å². The highest BCUT2D eigenvalue weighted by Gasteiger charge is 2.12. The third-order valence-corrected chi connectivity index (χ3v) is 5.58. The molecule has 0 heteroatoms. The fourth-order valence-electron chi connectivity index (χ4n) is 3.94. The zero-order valence-electron chi connectivity index (χ0n) is 15.5. The highest BCUT2D eigenvalue weighted by Crippen LogP contribution is 2.31. The largest absolute Gasteiger partial charge is 0.0616 e. The Labute approximate surface area is 150 Å². The van der Waals surface area contributed by atoms with Gasteiger partial charge >= 0.3 is 0 Å². The zero-order valence-corrected chi connectivity index (χ0v) is 15.5. The summed E-state index contributed by atoms with van der Waals surface area (Å²) < 4.78 is 0. The minimum absolute atomic E-state index is 0.986. The molecule has 4 aromatic rings. The van der Waals surface area contributed by atoms with Gasteiger partial charge in [0.25, 0.3) is 0 Å². The molecule has 0 fully saturated rings. The first-order valence-electron chi connectivity index (χ1n) is 9.01. The van der Waals surface area contributed by atoms with E-state index in [4.69, 9.17) is 0 Å². The number of hydrogen-bond acceptors (Lipinski definition) is 0. The van der Waals surface area contributed by atoms with Crippen molar-refractivity contribution in [2.75, 3.05) is 0 Å². The van der Waals surface area contributed by atoms with Crippen molar-refractivity contribution in [3.8, 4) is 0 Å². The topological polar surface area (TPSA) is 0 Å². The lowest BCUT2D eigenvalue weighted by Crippen LogP contribution is -1.99. The van der Waals surface area contributed by atoms with E-state index in [1.54, 1.807) is 0 Å². The fourth-order valence-corrected chi connectivity index (χ4v) is 3.94.